The van der Waals surface area contributed by atoms with Crippen LogP contribution in [0.1, 0.15) is 5.56 Å². The van der Waals surface area contributed by atoms with Crippen LogP contribution in [-0.4, -0.2) is 5.11 Å². The van der Waals surface area contributed by atoms with Gasteiger partial charge in [0.25, 0.3) is 0 Å². The van der Waals surface area contributed by atoms with Crippen molar-refractivity contribution in [2.75, 3.05) is 0 Å². The quantitative estimate of drug-likeness (QED) is 0.656. The summed E-state index contributed by atoms with van der Waals surface area (Å²) in [7, 11) is 0. The van der Waals surface area contributed by atoms with Crippen LogP contribution in [0.25, 0.3) is 21.9 Å². The summed E-state index contributed by atoms with van der Waals surface area (Å²) in [5.41, 5.74) is 3.17. The van der Waals surface area contributed by atoms with E-state index >= 15 is 0 Å². The molecule has 0 atom stereocenters. The van der Waals surface area contributed by atoms with E-state index in [2.05, 4.69) is 25.1 Å². The van der Waals surface area contributed by atoms with Crippen LogP contribution in [0, 0.1) is 6.92 Å². The van der Waals surface area contributed by atoms with Crippen molar-refractivity contribution in [3.8, 4) is 16.9 Å². The number of phenolic OH excluding ortho intramolecular Hbond substituents is 1. The van der Waals surface area contributed by atoms with Crippen molar-refractivity contribution < 1.29 is 5.11 Å². The zero-order chi connectivity index (χ0) is 12.5. The molecule has 1 nitrogen and oxygen atoms in total. The van der Waals surface area contributed by atoms with Gasteiger partial charge >= 0.3 is 0 Å². The molecule has 0 aliphatic carbocycles. The lowest BCUT2D eigenvalue weighted by Gasteiger charge is -2.10. The fourth-order valence-corrected chi connectivity index (χ4v) is 2.36. The monoisotopic (exact) mass is 234 g/mol. The van der Waals surface area contributed by atoms with Gasteiger partial charge in [0.15, 0.2) is 0 Å². The number of benzene rings is 3. The Kier molecular flexibility index (Phi) is 2.52. The van der Waals surface area contributed by atoms with Gasteiger partial charge in [0.2, 0.25) is 0 Å². The summed E-state index contributed by atoms with van der Waals surface area (Å²) in [6.07, 6.45) is 0. The van der Waals surface area contributed by atoms with E-state index in [9.17, 15) is 5.11 Å². The normalized spacial score (nSPS) is 10.7. The third-order valence-electron chi connectivity index (χ3n) is 3.21. The SMILES string of the molecule is Cc1cccc(-c2c(O)ccc3ccccc23)c1. The predicted octanol–water partition coefficient (Wildman–Crippen LogP) is 4.52. The highest BCUT2D eigenvalue weighted by Crippen LogP contribution is 2.36. The predicted molar refractivity (Wildman–Crippen MR) is 75.8 cm³/mol. The number of hydrogen-bond acceptors (Lipinski definition) is 1. The van der Waals surface area contributed by atoms with Crippen LogP contribution >= 0.6 is 0 Å². The average molecular weight is 234 g/mol. The summed E-state index contributed by atoms with van der Waals surface area (Å²) in [6.45, 7) is 2.06. The van der Waals surface area contributed by atoms with Gasteiger partial charge in [-0.15, -0.1) is 0 Å². The standard InChI is InChI=1S/C17H14O/c1-12-5-4-7-14(11-12)17-15-8-3-2-6-13(15)9-10-16(17)18/h2-11,18H,1H3. The Labute approximate surface area is 106 Å². The van der Waals surface area contributed by atoms with E-state index in [-0.39, 0.29) is 0 Å². The first kappa shape index (κ1) is 10.8. The van der Waals surface area contributed by atoms with Gasteiger partial charge in [-0.05, 0) is 29.3 Å². The summed E-state index contributed by atoms with van der Waals surface area (Å²) in [5.74, 6) is 0.333. The molecule has 18 heavy (non-hydrogen) atoms. The number of fused-ring (bicyclic) bond motifs is 1. The second-order valence-corrected chi connectivity index (χ2v) is 4.55. The van der Waals surface area contributed by atoms with Crippen LogP contribution in [-0.2, 0) is 0 Å². The Hall–Kier alpha value is -2.28. The Morgan fingerprint density at radius 2 is 1.67 bits per heavy atom. The molecule has 0 saturated heterocycles. The Morgan fingerprint density at radius 1 is 0.833 bits per heavy atom. The second kappa shape index (κ2) is 4.19. The van der Waals surface area contributed by atoms with Crippen molar-refractivity contribution in [1.82, 2.24) is 0 Å². The van der Waals surface area contributed by atoms with E-state index in [0.29, 0.717) is 5.75 Å². The fraction of sp³-hybridized carbons (Fsp3) is 0.0588. The maximum Gasteiger partial charge on any atom is 0.124 e. The van der Waals surface area contributed by atoms with Gasteiger partial charge in [0.05, 0.1) is 0 Å². The Morgan fingerprint density at radius 3 is 2.50 bits per heavy atom. The molecule has 0 amide bonds. The minimum Gasteiger partial charge on any atom is -0.507 e. The highest BCUT2D eigenvalue weighted by Gasteiger charge is 2.08. The number of hydrogen-bond donors (Lipinski definition) is 1. The molecule has 3 aromatic rings. The lowest BCUT2D eigenvalue weighted by Crippen LogP contribution is -1.83. The van der Waals surface area contributed by atoms with E-state index in [1.54, 1.807) is 6.07 Å². The van der Waals surface area contributed by atoms with Crippen molar-refractivity contribution in [3.05, 3.63) is 66.2 Å². The zero-order valence-electron chi connectivity index (χ0n) is 10.2. The molecule has 1 N–H and O–H groups in total. The molecule has 0 unspecified atom stereocenters. The zero-order valence-corrected chi connectivity index (χ0v) is 10.2. The fourth-order valence-electron chi connectivity index (χ4n) is 2.36. The minimum atomic E-state index is 0.333. The molecule has 0 aliphatic heterocycles. The van der Waals surface area contributed by atoms with Crippen LogP contribution in [0.4, 0.5) is 0 Å². The molecule has 0 fully saturated rings. The molecule has 0 bridgehead atoms. The van der Waals surface area contributed by atoms with Gasteiger partial charge in [-0.3, -0.25) is 0 Å². The molecule has 0 aliphatic rings. The molecule has 88 valence electrons. The molecule has 0 saturated carbocycles. The number of aromatic hydroxyl groups is 1. The van der Waals surface area contributed by atoms with Gasteiger partial charge in [0.1, 0.15) is 5.75 Å². The minimum absolute atomic E-state index is 0.333. The van der Waals surface area contributed by atoms with Crippen LogP contribution < -0.4 is 0 Å². The van der Waals surface area contributed by atoms with Gasteiger partial charge < -0.3 is 5.11 Å². The number of phenols is 1. The smallest absolute Gasteiger partial charge is 0.124 e. The van der Waals surface area contributed by atoms with Gasteiger partial charge in [-0.2, -0.15) is 0 Å². The third kappa shape index (κ3) is 1.74. The van der Waals surface area contributed by atoms with E-state index in [1.807, 2.05) is 36.4 Å². The topological polar surface area (TPSA) is 20.2 Å². The summed E-state index contributed by atoms with van der Waals surface area (Å²) in [6, 6.07) is 20.1. The van der Waals surface area contributed by atoms with Crippen LogP contribution in [0.5, 0.6) is 5.75 Å². The molecule has 0 heterocycles. The second-order valence-electron chi connectivity index (χ2n) is 4.55. The molecule has 0 aromatic heterocycles. The van der Waals surface area contributed by atoms with Crippen LogP contribution in [0.15, 0.2) is 60.7 Å². The summed E-state index contributed by atoms with van der Waals surface area (Å²) in [5, 5.41) is 12.4. The molecule has 1 heteroatoms. The third-order valence-corrected chi connectivity index (χ3v) is 3.21. The number of rotatable bonds is 1. The van der Waals surface area contributed by atoms with Crippen molar-refractivity contribution >= 4 is 10.8 Å². The van der Waals surface area contributed by atoms with Crippen molar-refractivity contribution in [3.63, 3.8) is 0 Å². The van der Waals surface area contributed by atoms with Crippen LogP contribution in [0.2, 0.25) is 0 Å². The Bertz CT molecular complexity index is 714. The highest BCUT2D eigenvalue weighted by molar-refractivity contribution is 5.99. The van der Waals surface area contributed by atoms with Crippen molar-refractivity contribution in [2.24, 2.45) is 0 Å². The van der Waals surface area contributed by atoms with Gasteiger partial charge in [-0.1, -0.05) is 60.2 Å². The lowest BCUT2D eigenvalue weighted by atomic mass is 9.96. The highest BCUT2D eigenvalue weighted by atomic mass is 16.3. The largest absolute Gasteiger partial charge is 0.507 e. The molecular formula is C17H14O. The van der Waals surface area contributed by atoms with Crippen LogP contribution in [0.3, 0.4) is 0 Å². The summed E-state index contributed by atoms with van der Waals surface area (Å²) < 4.78 is 0. The first-order chi connectivity index (χ1) is 8.75. The maximum atomic E-state index is 10.2. The van der Waals surface area contributed by atoms with Gasteiger partial charge in [0, 0.05) is 5.56 Å². The molecule has 3 rings (SSSR count). The van der Waals surface area contributed by atoms with E-state index in [4.69, 9.17) is 0 Å². The molecular weight excluding hydrogens is 220 g/mol. The first-order valence-electron chi connectivity index (χ1n) is 6.03. The van der Waals surface area contributed by atoms with E-state index < -0.39 is 0 Å². The maximum absolute atomic E-state index is 10.2. The van der Waals surface area contributed by atoms with E-state index in [1.165, 1.54) is 5.56 Å². The Balaban J connectivity index is 2.37. The van der Waals surface area contributed by atoms with E-state index in [0.717, 1.165) is 21.9 Å². The first-order valence-corrected chi connectivity index (χ1v) is 6.03. The van der Waals surface area contributed by atoms with Crippen molar-refractivity contribution in [1.29, 1.82) is 0 Å². The molecule has 0 radical (unpaired) electrons. The summed E-state index contributed by atoms with van der Waals surface area (Å²) >= 11 is 0. The number of aryl methyl sites for hydroxylation is 1. The average Bonchev–Trinajstić information content (AvgIpc) is 2.38. The van der Waals surface area contributed by atoms with Gasteiger partial charge in [-0.25, -0.2) is 0 Å². The molecule has 3 aromatic carbocycles. The van der Waals surface area contributed by atoms with Crippen molar-refractivity contribution in [2.45, 2.75) is 6.92 Å². The lowest BCUT2D eigenvalue weighted by molar-refractivity contribution is 0.478. The molecule has 0 spiro atoms. The summed E-state index contributed by atoms with van der Waals surface area (Å²) in [4.78, 5) is 0.